The molecule has 0 aliphatic heterocycles. The van der Waals surface area contributed by atoms with E-state index < -0.39 is 6.55 Å². The van der Waals surface area contributed by atoms with Crippen molar-refractivity contribution in [3.63, 3.8) is 0 Å². The number of aryl methyl sites for hydroxylation is 1. The molecule has 0 atom stereocenters. The fourth-order valence-electron chi connectivity index (χ4n) is 0.993. The molecule has 7 heteroatoms. The van der Waals surface area contributed by atoms with E-state index in [1.807, 2.05) is 0 Å². The Kier molecular flexibility index (Phi) is 6.06. The number of halogens is 3. The monoisotopic (exact) mass is 350 g/mol. The molecule has 14 heavy (non-hydrogen) atoms. The molecule has 0 saturated carbocycles. The summed E-state index contributed by atoms with van der Waals surface area (Å²) in [6, 6.07) is 0. The summed E-state index contributed by atoms with van der Waals surface area (Å²) in [5.74, 6) is 0.373. The lowest BCUT2D eigenvalue weighted by molar-refractivity contribution is -0.672. The summed E-state index contributed by atoms with van der Waals surface area (Å²) in [5, 5.41) is 0. The van der Waals surface area contributed by atoms with E-state index in [0.29, 0.717) is 10.0 Å². The summed E-state index contributed by atoms with van der Waals surface area (Å²) in [6.07, 6.45) is 4.65. The average molecular weight is 350 g/mol. The topological polar surface area (TPSA) is 8.81 Å². The Bertz CT molecular complexity index is 327. The first-order valence-electron chi connectivity index (χ1n) is 3.51. The molecule has 0 aliphatic rings. The van der Waals surface area contributed by atoms with Gasteiger partial charge in [-0.2, -0.15) is 13.3 Å². The highest BCUT2D eigenvalue weighted by Crippen LogP contribution is 2.15. The lowest BCUT2D eigenvalue weighted by atomic mass is 10.6. The second kappa shape index (κ2) is 5.96. The third kappa shape index (κ3) is 2.86. The van der Waals surface area contributed by atoms with Crippen LogP contribution in [0.2, 0.25) is 0 Å². The molecule has 1 rings (SSSR count). The van der Waals surface area contributed by atoms with Gasteiger partial charge in [-0.3, -0.25) is 0 Å². The number of imidazole rings is 1. The van der Waals surface area contributed by atoms with Gasteiger partial charge in [-0.15, -0.1) is 11.8 Å². The van der Waals surface area contributed by atoms with Crippen LogP contribution < -0.4 is 28.5 Å². The zero-order valence-electron chi connectivity index (χ0n) is 7.58. The highest BCUT2D eigenvalue weighted by Gasteiger charge is 2.24. The second-order valence-corrected chi connectivity index (χ2v) is 3.89. The molecule has 0 amide bonds. The summed E-state index contributed by atoms with van der Waals surface area (Å²) in [4.78, 5) is 0. The first-order chi connectivity index (χ1) is 6.07. The van der Waals surface area contributed by atoms with Crippen molar-refractivity contribution in [3.05, 3.63) is 18.2 Å². The van der Waals surface area contributed by atoms with E-state index in [1.54, 1.807) is 24.1 Å². The van der Waals surface area contributed by atoms with Crippen LogP contribution in [0, 0.1) is 0 Å². The lowest BCUT2D eigenvalue weighted by Gasteiger charge is -1.99. The molecule has 0 aromatic carbocycles. The molecule has 0 N–H and O–H groups in total. The van der Waals surface area contributed by atoms with Crippen molar-refractivity contribution in [1.29, 1.82) is 0 Å². The highest BCUT2D eigenvalue weighted by atomic mass is 127. The zero-order chi connectivity index (χ0) is 10.0. The smallest absolute Gasteiger partial charge is 0.387 e. The maximum Gasteiger partial charge on any atom is 0.387 e. The molecule has 1 aromatic heterocycles. The number of rotatable bonds is 2. The van der Waals surface area contributed by atoms with Gasteiger partial charge in [-0.05, 0) is 6.26 Å². The number of alkyl halides is 2. The molecule has 0 spiro atoms. The second-order valence-electron chi connectivity index (χ2n) is 2.41. The Morgan fingerprint density at radius 3 is 2.64 bits per heavy atom. The van der Waals surface area contributed by atoms with Gasteiger partial charge in [0, 0.05) is 0 Å². The van der Waals surface area contributed by atoms with Crippen LogP contribution in [0.25, 0.3) is 0 Å². The molecule has 0 unspecified atom stereocenters. The Hall–Kier alpha value is 0.240. The first-order valence-corrected chi connectivity index (χ1v) is 5.14. The third-order valence-electron chi connectivity index (χ3n) is 1.61. The highest BCUT2D eigenvalue weighted by molar-refractivity contribution is 8.23. The largest absolute Gasteiger partial charge is 1.00 e. The van der Waals surface area contributed by atoms with Crippen LogP contribution in [0.3, 0.4) is 0 Å². The van der Waals surface area contributed by atoms with E-state index >= 15 is 0 Å². The van der Waals surface area contributed by atoms with Gasteiger partial charge in [0.05, 0.1) is 7.05 Å². The maximum absolute atomic E-state index is 12.4. The molecule has 1 heterocycles. The summed E-state index contributed by atoms with van der Waals surface area (Å²) in [6.45, 7) is -2.54. The van der Waals surface area contributed by atoms with Gasteiger partial charge in [0.15, 0.2) is 4.20 Å². The molecule has 80 valence electrons. The number of aromatic nitrogens is 2. The van der Waals surface area contributed by atoms with Gasteiger partial charge in [0.25, 0.3) is 0 Å². The van der Waals surface area contributed by atoms with E-state index in [4.69, 9.17) is 12.2 Å². The molecule has 0 saturated heterocycles. The van der Waals surface area contributed by atoms with Crippen molar-refractivity contribution < 1.29 is 37.3 Å². The van der Waals surface area contributed by atoms with Crippen molar-refractivity contribution >= 4 is 28.2 Å². The molecule has 0 bridgehead atoms. The standard InChI is InChI=1S/C7H9F2N2S2.HI/c1-10-3-4-11(7(8)9)5(10)6(12)13-2;/h3-4,7H,1-2H3;1H/q+1;/p-1. The summed E-state index contributed by atoms with van der Waals surface area (Å²) in [5.41, 5.74) is 0. The zero-order valence-corrected chi connectivity index (χ0v) is 11.4. The van der Waals surface area contributed by atoms with Gasteiger partial charge < -0.3 is 24.0 Å². The summed E-state index contributed by atoms with van der Waals surface area (Å²) < 4.78 is 27.8. The average Bonchev–Trinajstić information content (AvgIpc) is 2.46. The van der Waals surface area contributed by atoms with Crippen LogP contribution in [-0.4, -0.2) is 15.0 Å². The normalized spacial score (nSPS) is 10.1. The van der Waals surface area contributed by atoms with Crippen LogP contribution >= 0.6 is 24.0 Å². The minimum absolute atomic E-state index is 0. The van der Waals surface area contributed by atoms with E-state index in [2.05, 4.69) is 0 Å². The van der Waals surface area contributed by atoms with E-state index in [1.165, 1.54) is 18.0 Å². The van der Waals surface area contributed by atoms with Crippen molar-refractivity contribution in [2.45, 2.75) is 6.55 Å². The van der Waals surface area contributed by atoms with E-state index in [0.717, 1.165) is 4.57 Å². The van der Waals surface area contributed by atoms with E-state index in [9.17, 15) is 8.78 Å². The van der Waals surface area contributed by atoms with Gasteiger partial charge >= 0.3 is 12.4 Å². The molecule has 0 fully saturated rings. The Morgan fingerprint density at radius 2 is 2.21 bits per heavy atom. The minimum atomic E-state index is -2.54. The van der Waals surface area contributed by atoms with Crippen molar-refractivity contribution in [3.8, 4) is 0 Å². The number of thiocarbonyl (C=S) groups is 1. The summed E-state index contributed by atoms with van der Waals surface area (Å²) >= 11 is 6.24. The van der Waals surface area contributed by atoms with Gasteiger partial charge in [0.2, 0.25) is 0 Å². The van der Waals surface area contributed by atoms with Crippen molar-refractivity contribution in [2.75, 3.05) is 6.26 Å². The molecule has 0 radical (unpaired) electrons. The van der Waals surface area contributed by atoms with Gasteiger partial charge in [0.1, 0.15) is 12.4 Å². The number of hydrogen-bond donors (Lipinski definition) is 0. The van der Waals surface area contributed by atoms with Crippen LogP contribution in [0.15, 0.2) is 12.4 Å². The Balaban J connectivity index is 0.00000169. The fraction of sp³-hybridized carbons (Fsp3) is 0.429. The van der Waals surface area contributed by atoms with Crippen LogP contribution in [0.5, 0.6) is 0 Å². The molecule has 1 aromatic rings. The minimum Gasteiger partial charge on any atom is -1.00 e. The third-order valence-corrected chi connectivity index (χ3v) is 2.84. The number of thioether (sulfide) groups is 1. The molecular weight excluding hydrogens is 341 g/mol. The van der Waals surface area contributed by atoms with E-state index in [-0.39, 0.29) is 24.0 Å². The Morgan fingerprint density at radius 1 is 1.64 bits per heavy atom. The quantitative estimate of drug-likeness (QED) is 0.375. The van der Waals surface area contributed by atoms with Gasteiger partial charge in [-0.25, -0.2) is 4.57 Å². The number of nitrogens with zero attached hydrogens (tertiary/aromatic N) is 2. The van der Waals surface area contributed by atoms with Crippen LogP contribution in [0.4, 0.5) is 8.78 Å². The SMILES string of the molecule is CSC(=S)c1n(C(F)F)cc[n+]1C.[I-]. The van der Waals surface area contributed by atoms with Crippen LogP contribution in [0.1, 0.15) is 12.4 Å². The Labute approximate surface area is 108 Å². The molecule has 2 nitrogen and oxygen atoms in total. The first kappa shape index (κ1) is 14.2. The summed E-state index contributed by atoms with van der Waals surface area (Å²) in [7, 11) is 1.69. The van der Waals surface area contributed by atoms with Crippen molar-refractivity contribution in [2.24, 2.45) is 7.05 Å². The van der Waals surface area contributed by atoms with Gasteiger partial charge in [-0.1, -0.05) is 12.2 Å². The maximum atomic E-state index is 12.4. The van der Waals surface area contributed by atoms with Crippen LogP contribution in [-0.2, 0) is 7.05 Å². The van der Waals surface area contributed by atoms with Crippen molar-refractivity contribution in [1.82, 2.24) is 4.57 Å². The predicted octanol–water partition coefficient (Wildman–Crippen LogP) is -1.25. The predicted molar refractivity (Wildman–Crippen MR) is 52.1 cm³/mol. The number of hydrogen-bond acceptors (Lipinski definition) is 2. The fourth-order valence-corrected chi connectivity index (χ4v) is 1.67. The molecular formula is C7H9F2IN2S2. The lowest BCUT2D eigenvalue weighted by Crippen LogP contribution is -3.00. The molecule has 0 aliphatic carbocycles.